The van der Waals surface area contributed by atoms with Gasteiger partial charge in [-0.15, -0.1) is 0 Å². The monoisotopic (exact) mass is 254 g/mol. The van der Waals surface area contributed by atoms with Gasteiger partial charge in [0.2, 0.25) is 0 Å². The predicted molar refractivity (Wildman–Crippen MR) is 77.7 cm³/mol. The van der Waals surface area contributed by atoms with E-state index in [9.17, 15) is 0 Å². The van der Waals surface area contributed by atoms with Crippen LogP contribution in [-0.2, 0) is 0 Å². The van der Waals surface area contributed by atoms with Crippen molar-refractivity contribution >= 4 is 16.9 Å². The molecule has 0 saturated heterocycles. The van der Waals surface area contributed by atoms with Gasteiger partial charge < -0.3 is 5.32 Å². The fourth-order valence-electron chi connectivity index (χ4n) is 2.43. The van der Waals surface area contributed by atoms with Crippen molar-refractivity contribution in [3.8, 4) is 0 Å². The molecule has 0 aromatic carbocycles. The SMILES string of the molecule is CCC1(CNC2=NCC(CC)(CC)CS2)CC1. The van der Waals surface area contributed by atoms with E-state index in [0.29, 0.717) is 10.8 Å². The molecule has 1 heterocycles. The Bertz CT molecular complexity index is 291. The highest BCUT2D eigenvalue weighted by molar-refractivity contribution is 8.13. The molecule has 1 saturated carbocycles. The fraction of sp³-hybridized carbons (Fsp3) is 0.929. The topological polar surface area (TPSA) is 24.4 Å². The zero-order valence-electron chi connectivity index (χ0n) is 11.5. The van der Waals surface area contributed by atoms with Gasteiger partial charge in [-0.25, -0.2) is 0 Å². The van der Waals surface area contributed by atoms with E-state index in [2.05, 4.69) is 26.1 Å². The lowest BCUT2D eigenvalue weighted by molar-refractivity contribution is 0.318. The van der Waals surface area contributed by atoms with E-state index in [4.69, 9.17) is 4.99 Å². The van der Waals surface area contributed by atoms with E-state index in [0.717, 1.165) is 13.1 Å². The van der Waals surface area contributed by atoms with Crippen LogP contribution in [0, 0.1) is 10.8 Å². The molecule has 3 heteroatoms. The summed E-state index contributed by atoms with van der Waals surface area (Å²) in [6, 6.07) is 0. The minimum atomic E-state index is 0.470. The number of hydrogen-bond acceptors (Lipinski definition) is 3. The van der Waals surface area contributed by atoms with Gasteiger partial charge in [0.15, 0.2) is 5.17 Å². The van der Waals surface area contributed by atoms with Crippen LogP contribution in [0.2, 0.25) is 0 Å². The molecule has 17 heavy (non-hydrogen) atoms. The lowest BCUT2D eigenvalue weighted by atomic mass is 9.84. The zero-order valence-corrected chi connectivity index (χ0v) is 12.3. The lowest BCUT2D eigenvalue weighted by Gasteiger charge is -2.33. The van der Waals surface area contributed by atoms with Gasteiger partial charge in [-0.2, -0.15) is 0 Å². The van der Waals surface area contributed by atoms with Crippen molar-refractivity contribution in [1.82, 2.24) is 5.32 Å². The molecular formula is C14H26N2S. The van der Waals surface area contributed by atoms with Crippen LogP contribution in [-0.4, -0.2) is 24.0 Å². The first-order chi connectivity index (χ1) is 8.17. The van der Waals surface area contributed by atoms with E-state index < -0.39 is 0 Å². The van der Waals surface area contributed by atoms with Crippen LogP contribution in [0.15, 0.2) is 4.99 Å². The average Bonchev–Trinajstić information content (AvgIpc) is 3.18. The van der Waals surface area contributed by atoms with Crippen molar-refractivity contribution in [3.05, 3.63) is 0 Å². The number of hydrogen-bond donors (Lipinski definition) is 1. The van der Waals surface area contributed by atoms with Gasteiger partial charge in [0, 0.05) is 18.8 Å². The smallest absolute Gasteiger partial charge is 0.156 e. The van der Waals surface area contributed by atoms with Gasteiger partial charge in [0.05, 0.1) is 0 Å². The summed E-state index contributed by atoms with van der Waals surface area (Å²) >= 11 is 1.94. The van der Waals surface area contributed by atoms with E-state index in [1.165, 1.54) is 43.0 Å². The van der Waals surface area contributed by atoms with Gasteiger partial charge in [-0.05, 0) is 42.9 Å². The molecule has 1 fully saturated rings. The number of aliphatic imine (C=N–C) groups is 1. The third kappa shape index (κ3) is 2.98. The molecule has 0 aromatic rings. The first kappa shape index (κ1) is 13.3. The molecule has 2 aliphatic rings. The summed E-state index contributed by atoms with van der Waals surface area (Å²) in [5.41, 5.74) is 1.09. The largest absolute Gasteiger partial charge is 0.364 e. The second kappa shape index (κ2) is 5.21. The first-order valence-corrected chi connectivity index (χ1v) is 8.07. The van der Waals surface area contributed by atoms with Crippen LogP contribution in [0.1, 0.15) is 52.9 Å². The Balaban J connectivity index is 1.82. The second-order valence-electron chi connectivity index (χ2n) is 5.82. The highest BCUT2D eigenvalue weighted by Gasteiger charge is 2.40. The standard InChI is InChI=1S/C14H26N2S/c1-4-13(5-2)9-15-12(17-11-13)16-10-14(6-3)7-8-14/h4-11H2,1-3H3,(H,15,16). The Morgan fingerprint density at radius 2 is 1.76 bits per heavy atom. The Kier molecular flexibility index (Phi) is 4.06. The molecule has 1 aliphatic carbocycles. The number of thioether (sulfide) groups is 1. The molecule has 0 radical (unpaired) electrons. The molecule has 0 unspecified atom stereocenters. The van der Waals surface area contributed by atoms with Crippen LogP contribution in [0.5, 0.6) is 0 Å². The van der Waals surface area contributed by atoms with Crippen LogP contribution in [0.25, 0.3) is 0 Å². The van der Waals surface area contributed by atoms with Gasteiger partial charge in [0.25, 0.3) is 0 Å². The number of nitrogens with zero attached hydrogens (tertiary/aromatic N) is 1. The normalized spacial score (nSPS) is 25.2. The highest BCUT2D eigenvalue weighted by atomic mass is 32.2. The average molecular weight is 254 g/mol. The van der Waals surface area contributed by atoms with Crippen molar-refractivity contribution in [2.45, 2.75) is 52.9 Å². The van der Waals surface area contributed by atoms with Gasteiger partial charge in [0.1, 0.15) is 0 Å². The zero-order chi connectivity index (χ0) is 12.4. The Morgan fingerprint density at radius 1 is 1.12 bits per heavy atom. The summed E-state index contributed by atoms with van der Waals surface area (Å²) in [7, 11) is 0. The third-order valence-electron chi connectivity index (χ3n) is 4.89. The summed E-state index contributed by atoms with van der Waals surface area (Å²) in [6.45, 7) is 9.07. The molecule has 98 valence electrons. The molecule has 0 spiro atoms. The minimum absolute atomic E-state index is 0.470. The maximum atomic E-state index is 4.76. The van der Waals surface area contributed by atoms with Crippen LogP contribution in [0.3, 0.4) is 0 Å². The number of rotatable bonds is 5. The fourth-order valence-corrected chi connectivity index (χ4v) is 3.70. The third-order valence-corrected chi connectivity index (χ3v) is 6.20. The molecular weight excluding hydrogens is 228 g/mol. The van der Waals surface area contributed by atoms with E-state index in [-0.39, 0.29) is 0 Å². The number of amidine groups is 1. The molecule has 1 aliphatic heterocycles. The van der Waals surface area contributed by atoms with Crippen molar-refractivity contribution in [3.63, 3.8) is 0 Å². The number of nitrogens with one attached hydrogen (secondary N) is 1. The van der Waals surface area contributed by atoms with Gasteiger partial charge in [-0.3, -0.25) is 4.99 Å². The Labute approximate surface area is 110 Å². The van der Waals surface area contributed by atoms with Gasteiger partial charge in [-0.1, -0.05) is 32.5 Å². The molecule has 0 amide bonds. The summed E-state index contributed by atoms with van der Waals surface area (Å²) in [5.74, 6) is 1.24. The predicted octanol–water partition coefficient (Wildman–Crippen LogP) is 3.68. The molecule has 2 rings (SSSR count). The van der Waals surface area contributed by atoms with Crippen LogP contribution in [0.4, 0.5) is 0 Å². The minimum Gasteiger partial charge on any atom is -0.364 e. The molecule has 2 nitrogen and oxygen atoms in total. The maximum absolute atomic E-state index is 4.76. The highest BCUT2D eigenvalue weighted by Crippen LogP contribution is 2.48. The Hall–Kier alpha value is -0.180. The molecule has 0 atom stereocenters. The van der Waals surface area contributed by atoms with Crippen molar-refractivity contribution in [1.29, 1.82) is 0 Å². The van der Waals surface area contributed by atoms with Crippen molar-refractivity contribution in [2.75, 3.05) is 18.8 Å². The van der Waals surface area contributed by atoms with Crippen LogP contribution < -0.4 is 5.32 Å². The van der Waals surface area contributed by atoms with E-state index in [1.54, 1.807) is 0 Å². The van der Waals surface area contributed by atoms with E-state index in [1.807, 2.05) is 11.8 Å². The molecule has 1 N–H and O–H groups in total. The summed E-state index contributed by atoms with van der Waals surface area (Å²) < 4.78 is 0. The summed E-state index contributed by atoms with van der Waals surface area (Å²) in [6.07, 6.45) is 6.63. The van der Waals surface area contributed by atoms with Gasteiger partial charge >= 0.3 is 0 Å². The Morgan fingerprint density at radius 3 is 2.18 bits per heavy atom. The quantitative estimate of drug-likeness (QED) is 0.809. The lowest BCUT2D eigenvalue weighted by Crippen LogP contribution is -2.36. The van der Waals surface area contributed by atoms with E-state index >= 15 is 0 Å². The summed E-state index contributed by atoms with van der Waals surface area (Å²) in [4.78, 5) is 4.76. The van der Waals surface area contributed by atoms with Crippen molar-refractivity contribution in [2.24, 2.45) is 15.8 Å². The second-order valence-corrected chi connectivity index (χ2v) is 6.79. The molecule has 0 bridgehead atoms. The van der Waals surface area contributed by atoms with Crippen molar-refractivity contribution < 1.29 is 0 Å². The maximum Gasteiger partial charge on any atom is 0.156 e. The van der Waals surface area contributed by atoms with Crippen LogP contribution >= 0.6 is 11.8 Å². The first-order valence-electron chi connectivity index (χ1n) is 7.09. The molecule has 0 aromatic heterocycles. The summed E-state index contributed by atoms with van der Waals surface area (Å²) in [5, 5.41) is 4.77.